The zero-order valence-corrected chi connectivity index (χ0v) is 16.3. The maximum atomic E-state index is 12.0. The SMILES string of the molecule is CC(C)C1(C)N=C(c2ncccc2C(=O)O)NC1=O.C[N+](C)(C)CCO. The van der Waals surface area contributed by atoms with Crippen LogP contribution in [-0.4, -0.2) is 77.2 Å². The van der Waals surface area contributed by atoms with Crippen LogP contribution >= 0.6 is 0 Å². The summed E-state index contributed by atoms with van der Waals surface area (Å²) in [6, 6.07) is 2.97. The van der Waals surface area contributed by atoms with E-state index in [4.69, 9.17) is 10.2 Å². The Morgan fingerprint density at radius 1 is 1.35 bits per heavy atom. The number of aromatic carboxylic acids is 1. The molecule has 0 bridgehead atoms. The van der Waals surface area contributed by atoms with E-state index < -0.39 is 11.5 Å². The first kappa shape index (κ1) is 21.7. The quantitative estimate of drug-likeness (QED) is 0.667. The number of nitrogens with one attached hydrogen (secondary N) is 1. The second-order valence-electron chi connectivity index (χ2n) is 7.66. The molecule has 2 heterocycles. The molecule has 1 aliphatic heterocycles. The van der Waals surface area contributed by atoms with Crippen molar-refractivity contribution < 1.29 is 24.3 Å². The van der Waals surface area contributed by atoms with Crippen molar-refractivity contribution in [3.63, 3.8) is 0 Å². The summed E-state index contributed by atoms with van der Waals surface area (Å²) in [5, 5.41) is 20.1. The summed E-state index contributed by atoms with van der Waals surface area (Å²) in [6.07, 6.45) is 1.47. The molecule has 26 heavy (non-hydrogen) atoms. The molecule has 8 heteroatoms. The van der Waals surface area contributed by atoms with Crippen LogP contribution in [0.25, 0.3) is 0 Å². The van der Waals surface area contributed by atoms with E-state index >= 15 is 0 Å². The molecule has 0 aliphatic carbocycles. The molecule has 2 rings (SSSR count). The predicted octanol–water partition coefficient (Wildman–Crippen LogP) is 0.756. The fraction of sp³-hybridized carbons (Fsp3) is 0.556. The number of rotatable bonds is 5. The number of hydrogen-bond acceptors (Lipinski definition) is 5. The van der Waals surface area contributed by atoms with Gasteiger partial charge in [-0.2, -0.15) is 0 Å². The lowest BCUT2D eigenvalue weighted by Gasteiger charge is -2.21. The number of carboxylic acid groups (broad SMARTS) is 1. The van der Waals surface area contributed by atoms with Gasteiger partial charge < -0.3 is 20.0 Å². The Balaban J connectivity index is 0.000000412. The molecule has 3 N–H and O–H groups in total. The van der Waals surface area contributed by atoms with E-state index in [-0.39, 0.29) is 35.5 Å². The van der Waals surface area contributed by atoms with Crippen molar-refractivity contribution in [3.8, 4) is 0 Å². The number of amidine groups is 1. The van der Waals surface area contributed by atoms with Crippen molar-refractivity contribution in [2.75, 3.05) is 34.3 Å². The number of aromatic nitrogens is 1. The summed E-state index contributed by atoms with van der Waals surface area (Å²) in [4.78, 5) is 31.5. The van der Waals surface area contributed by atoms with E-state index in [2.05, 4.69) is 36.4 Å². The van der Waals surface area contributed by atoms with E-state index in [0.717, 1.165) is 11.0 Å². The average Bonchev–Trinajstić information content (AvgIpc) is 2.83. The van der Waals surface area contributed by atoms with Crippen molar-refractivity contribution in [1.29, 1.82) is 0 Å². The molecule has 144 valence electrons. The number of likely N-dealkylation sites (N-methyl/N-ethyl adjacent to an activating group) is 1. The first-order valence-corrected chi connectivity index (χ1v) is 8.43. The number of aliphatic hydroxyl groups is 1. The van der Waals surface area contributed by atoms with Gasteiger partial charge in [0.15, 0.2) is 5.84 Å². The number of aliphatic hydroxyl groups excluding tert-OH is 1. The van der Waals surface area contributed by atoms with Gasteiger partial charge in [0, 0.05) is 6.20 Å². The number of nitrogens with zero attached hydrogens (tertiary/aromatic N) is 3. The highest BCUT2D eigenvalue weighted by Gasteiger charge is 2.42. The van der Waals surface area contributed by atoms with Crippen LogP contribution in [0.15, 0.2) is 23.3 Å². The molecule has 1 unspecified atom stereocenters. The van der Waals surface area contributed by atoms with Crippen molar-refractivity contribution in [2.45, 2.75) is 26.3 Å². The van der Waals surface area contributed by atoms with Crippen molar-refractivity contribution >= 4 is 17.7 Å². The molecule has 1 aliphatic rings. The number of carboxylic acids is 1. The first-order valence-electron chi connectivity index (χ1n) is 8.43. The van der Waals surface area contributed by atoms with Gasteiger partial charge in [0.2, 0.25) is 0 Å². The highest BCUT2D eigenvalue weighted by Crippen LogP contribution is 2.27. The summed E-state index contributed by atoms with van der Waals surface area (Å²) in [6.45, 7) is 6.62. The zero-order valence-electron chi connectivity index (χ0n) is 16.3. The Labute approximate surface area is 154 Å². The van der Waals surface area contributed by atoms with Crippen LogP contribution in [0.2, 0.25) is 0 Å². The van der Waals surface area contributed by atoms with E-state index in [0.29, 0.717) is 0 Å². The lowest BCUT2D eigenvalue weighted by molar-refractivity contribution is -0.870. The van der Waals surface area contributed by atoms with Gasteiger partial charge in [-0.3, -0.25) is 9.78 Å². The molecule has 0 saturated heterocycles. The van der Waals surface area contributed by atoms with Crippen molar-refractivity contribution in [3.05, 3.63) is 29.6 Å². The Morgan fingerprint density at radius 3 is 2.35 bits per heavy atom. The minimum absolute atomic E-state index is 0.00184. The number of carbonyl (C=O) groups excluding carboxylic acids is 1. The Hall–Kier alpha value is -2.32. The average molecular weight is 365 g/mol. The molecule has 0 saturated carbocycles. The minimum Gasteiger partial charge on any atom is -0.478 e. The normalized spacial score (nSPS) is 19.5. The van der Waals surface area contributed by atoms with E-state index in [1.165, 1.54) is 18.3 Å². The summed E-state index contributed by atoms with van der Waals surface area (Å²) in [5.74, 6) is -1.11. The largest absolute Gasteiger partial charge is 0.478 e. The highest BCUT2D eigenvalue weighted by molar-refractivity contribution is 6.17. The maximum Gasteiger partial charge on any atom is 0.338 e. The number of amides is 1. The molecule has 1 amide bonds. The third-order valence-electron chi connectivity index (χ3n) is 4.19. The molecular weight excluding hydrogens is 336 g/mol. The number of aliphatic imine (C=N–C) groups is 1. The monoisotopic (exact) mass is 365 g/mol. The molecule has 1 atom stereocenters. The topological polar surface area (TPSA) is 112 Å². The Bertz CT molecular complexity index is 695. The van der Waals surface area contributed by atoms with Crippen molar-refractivity contribution in [2.24, 2.45) is 10.9 Å². The molecule has 1 aromatic heterocycles. The second kappa shape index (κ2) is 8.37. The molecule has 0 aromatic carbocycles. The molecule has 8 nitrogen and oxygen atoms in total. The van der Waals surface area contributed by atoms with E-state index in [1.807, 2.05) is 13.8 Å². The van der Waals surface area contributed by atoms with E-state index in [9.17, 15) is 9.59 Å². The third kappa shape index (κ3) is 5.34. The number of pyridine rings is 1. The smallest absolute Gasteiger partial charge is 0.338 e. The first-order chi connectivity index (χ1) is 11.9. The molecule has 0 fully saturated rings. The Morgan fingerprint density at radius 2 is 1.96 bits per heavy atom. The lowest BCUT2D eigenvalue weighted by Crippen LogP contribution is -2.41. The van der Waals surface area contributed by atoms with Crippen LogP contribution in [0.5, 0.6) is 0 Å². The summed E-state index contributed by atoms with van der Waals surface area (Å²) in [7, 11) is 6.16. The molecule has 1 aromatic rings. The van der Waals surface area contributed by atoms with Crippen LogP contribution in [0.4, 0.5) is 0 Å². The lowest BCUT2D eigenvalue weighted by atomic mass is 9.89. The molecule has 0 radical (unpaired) electrons. The number of hydrogen-bond donors (Lipinski definition) is 3. The standard InChI is InChI=1S/C13H15N3O3.C5H14NO/c1-7(2)13(3)12(19)15-10(16-13)9-8(11(17)18)5-4-6-14-9;1-6(2,3)4-5-7/h4-7H,1-3H3,(H,17,18)(H,15,16,19);7H,4-5H2,1-3H3/q;+1. The third-order valence-corrected chi connectivity index (χ3v) is 4.19. The zero-order chi connectivity index (χ0) is 20.1. The Kier molecular flexibility index (Phi) is 7.00. The van der Waals surface area contributed by atoms with Gasteiger partial charge in [0.05, 0.1) is 33.3 Å². The van der Waals surface area contributed by atoms with Crippen LogP contribution in [-0.2, 0) is 4.79 Å². The maximum absolute atomic E-state index is 12.0. The van der Waals surface area contributed by atoms with Gasteiger partial charge in [0.25, 0.3) is 5.91 Å². The summed E-state index contributed by atoms with van der Waals surface area (Å²) >= 11 is 0. The minimum atomic E-state index is -1.10. The summed E-state index contributed by atoms with van der Waals surface area (Å²) < 4.78 is 0.844. The summed E-state index contributed by atoms with van der Waals surface area (Å²) in [5.41, 5.74) is -0.676. The van der Waals surface area contributed by atoms with Crippen molar-refractivity contribution in [1.82, 2.24) is 10.3 Å². The molecule has 0 spiro atoms. The number of quaternary nitrogens is 1. The van der Waals surface area contributed by atoms with Gasteiger partial charge in [0.1, 0.15) is 17.8 Å². The second-order valence-corrected chi connectivity index (χ2v) is 7.66. The van der Waals surface area contributed by atoms with Crippen LogP contribution in [0, 0.1) is 5.92 Å². The van der Waals surface area contributed by atoms with Gasteiger partial charge in [-0.1, -0.05) is 13.8 Å². The van der Waals surface area contributed by atoms with E-state index in [1.54, 1.807) is 6.92 Å². The number of carbonyl (C=O) groups is 2. The fourth-order valence-electron chi connectivity index (χ4n) is 2.12. The predicted molar refractivity (Wildman–Crippen MR) is 99.1 cm³/mol. The van der Waals surface area contributed by atoms with Crippen LogP contribution < -0.4 is 5.32 Å². The van der Waals surface area contributed by atoms with Crippen LogP contribution in [0.1, 0.15) is 36.8 Å². The van der Waals surface area contributed by atoms with Gasteiger partial charge >= 0.3 is 5.97 Å². The van der Waals surface area contributed by atoms with Crippen LogP contribution in [0.3, 0.4) is 0 Å². The highest BCUT2D eigenvalue weighted by atomic mass is 16.4. The van der Waals surface area contributed by atoms with Gasteiger partial charge in [-0.15, -0.1) is 0 Å². The molecular formula is C18H29N4O4+. The van der Waals surface area contributed by atoms with Gasteiger partial charge in [-0.25, -0.2) is 9.79 Å². The van der Waals surface area contributed by atoms with Gasteiger partial charge in [-0.05, 0) is 25.0 Å². The fourth-order valence-corrected chi connectivity index (χ4v) is 2.12.